The lowest BCUT2D eigenvalue weighted by molar-refractivity contribution is -0.148. The Balaban J connectivity index is 1.25. The Kier molecular flexibility index (Phi) is 41.7. The quantitative estimate of drug-likeness (QED) is 0.0292. The number of nitrogens with two attached hydrogens (primary N) is 2. The van der Waals surface area contributed by atoms with Crippen molar-refractivity contribution >= 4 is 142 Å². The summed E-state index contributed by atoms with van der Waals surface area (Å²) in [5, 5.41) is 99.8. The molecular formula is C79H112N18O29S. The molecule has 0 aromatic heterocycles. The van der Waals surface area contributed by atoms with Gasteiger partial charge in [0, 0.05) is 45.8 Å². The van der Waals surface area contributed by atoms with Crippen molar-refractivity contribution in [3.63, 3.8) is 0 Å². The van der Waals surface area contributed by atoms with Gasteiger partial charge >= 0.3 is 23.9 Å². The molecule has 3 fully saturated rings. The van der Waals surface area contributed by atoms with E-state index in [9.17, 15) is 141 Å². The van der Waals surface area contributed by atoms with Crippen molar-refractivity contribution < 1.29 is 141 Å². The fourth-order valence-electron chi connectivity index (χ4n) is 14.1. The topological polar surface area (TPSA) is 735 Å². The van der Waals surface area contributed by atoms with Crippen LogP contribution in [0.4, 0.5) is 0 Å². The Morgan fingerprint density at radius 3 is 1.36 bits per heavy atom. The lowest BCUT2D eigenvalue weighted by Gasteiger charge is -2.33. The molecule has 2 aromatic carbocycles. The average Bonchev–Trinajstić information content (AvgIpc) is 1.60. The van der Waals surface area contributed by atoms with E-state index < -0.39 is 285 Å². The number of primary amides is 2. The number of nitrogens with one attached hydrogen (secondary N) is 13. The second-order valence-electron chi connectivity index (χ2n) is 31.1. The molecule has 0 bridgehead atoms. The molecule has 16 atom stereocenters. The molecule has 698 valence electrons. The number of aliphatic hydroxyl groups is 2. The number of carbonyl (C=O) groups is 22. The highest BCUT2D eigenvalue weighted by molar-refractivity contribution is 7.98. The maximum atomic E-state index is 14.6. The Hall–Kier alpha value is -13.2. The minimum atomic E-state index is -2.18. The van der Waals surface area contributed by atoms with Crippen LogP contribution in [-0.2, 0) is 118 Å². The summed E-state index contributed by atoms with van der Waals surface area (Å²) in [4.78, 5) is 298. The van der Waals surface area contributed by atoms with Gasteiger partial charge in [-0.15, -0.1) is 0 Å². The number of aliphatic hydroxyl groups excluding tert-OH is 2. The maximum Gasteiger partial charge on any atom is 0.305 e. The van der Waals surface area contributed by atoms with Crippen molar-refractivity contribution in [2.75, 3.05) is 44.8 Å². The molecule has 47 nitrogen and oxygen atoms in total. The fraction of sp³-hybridized carbons (Fsp3) is 0.570. The van der Waals surface area contributed by atoms with Gasteiger partial charge in [0.05, 0.1) is 44.9 Å². The van der Waals surface area contributed by atoms with Crippen LogP contribution in [0.25, 0.3) is 0 Å². The Morgan fingerprint density at radius 1 is 0.449 bits per heavy atom. The van der Waals surface area contributed by atoms with Crippen molar-refractivity contribution in [3.8, 4) is 5.75 Å². The third-order valence-electron chi connectivity index (χ3n) is 20.5. The molecule has 0 unspecified atom stereocenters. The van der Waals surface area contributed by atoms with E-state index in [1.807, 2.05) is 0 Å². The van der Waals surface area contributed by atoms with Crippen molar-refractivity contribution in [2.24, 2.45) is 17.4 Å². The van der Waals surface area contributed by atoms with E-state index in [0.29, 0.717) is 12.0 Å². The van der Waals surface area contributed by atoms with Crippen LogP contribution in [0.1, 0.15) is 136 Å². The molecule has 3 heterocycles. The van der Waals surface area contributed by atoms with Crippen LogP contribution >= 0.6 is 11.8 Å². The largest absolute Gasteiger partial charge is 0.508 e. The molecule has 3 aliphatic rings. The number of hydrogen-bond donors (Lipinski definition) is 22. The molecule has 3 saturated heterocycles. The predicted molar refractivity (Wildman–Crippen MR) is 442 cm³/mol. The number of phenolic OH excluding ortho intramolecular Hbond substituents is 1. The summed E-state index contributed by atoms with van der Waals surface area (Å²) in [7, 11) is 0. The first-order chi connectivity index (χ1) is 59.8. The van der Waals surface area contributed by atoms with Crippen LogP contribution in [0.3, 0.4) is 0 Å². The summed E-state index contributed by atoms with van der Waals surface area (Å²) in [6, 6.07) is -12.0. The summed E-state index contributed by atoms with van der Waals surface area (Å²) >= 11 is 1.28. The van der Waals surface area contributed by atoms with Gasteiger partial charge in [-0.25, -0.2) is 0 Å². The van der Waals surface area contributed by atoms with Crippen LogP contribution in [0.2, 0.25) is 0 Å². The second-order valence-corrected chi connectivity index (χ2v) is 32.0. The number of carboxylic acids is 4. The number of phenols is 1. The average molecular weight is 1810 g/mol. The molecule has 48 heteroatoms. The van der Waals surface area contributed by atoms with Crippen LogP contribution in [-0.4, -0.2) is 322 Å². The minimum absolute atomic E-state index is 0.00677. The molecule has 5 rings (SSSR count). The first-order valence-corrected chi connectivity index (χ1v) is 42.1. The SMILES string of the molecule is CSCC[C@H](NC(=O)CNC(=O)[C@@H](NC(=O)[C@H](Cc1ccccc1)NC(=O)[C@H](CC(N)=O)NC(=O)[C@H](CC(C)C)NC(=O)[C@H](CC(=O)O)NC(C)=O)[C@@H](C)O)C(=O)N1CCC[C@H]1C(=O)N1CCC[C@H]1C(=O)N[C@@H](C)C(=O)N[C@@H](CC(=O)O)C(=O)N[C@@H](CCC(=O)O)C(=O)N[C@@H](CC(=O)O)C(=O)N[C@@H](Cc1ccc(O)cc1)C(=O)N[C@@H](CO)C(=O)N1CCC[C@H]1C(N)=O. The van der Waals surface area contributed by atoms with E-state index in [0.717, 1.165) is 25.7 Å². The number of hydrogen-bond acceptors (Lipinski definition) is 26. The van der Waals surface area contributed by atoms with Crippen LogP contribution < -0.4 is 80.6 Å². The molecule has 127 heavy (non-hydrogen) atoms. The molecule has 3 aliphatic heterocycles. The molecule has 2 aromatic rings. The Bertz CT molecular complexity index is 4340. The molecule has 0 saturated carbocycles. The standard InChI is InChI=1S/C79H112N18O29S/c1-38(2)29-47(88-71(118)51(33-61(106)107)84-41(5)100)68(115)91-50(32-58(80)102)70(117)90-49(30-42-13-8-7-9-14-42)74(121)94-64(40(4)99)76(123)82-36-59(103)85-46(24-28-127-6)77(124)97-27-12-17-57(97)79(126)96-26-11-16-56(96)75(122)83-39(3)66(113)87-52(34-62(108)109)72(119)86-45(22-23-60(104)105)67(114)92-53(35-63(110)111)73(120)89-48(31-43-18-20-44(101)21-19-43)69(116)93-54(37-98)78(125)95-25-10-15-55(95)65(81)112/h7-9,13-14,18-21,38-40,45-57,64,98-99,101H,10-12,15-17,22-37H2,1-6H3,(H2,80,102)(H2,81,112)(H,82,123)(H,83,122)(H,84,100)(H,85,103)(H,86,119)(H,87,113)(H,88,118)(H,89,120)(H,90,117)(H,91,115)(H,92,114)(H,93,116)(H,94,121)(H,104,105)(H,106,107)(H,108,109)(H,110,111)/t39-,40+,45-,46-,47-,48-,49-,50-,51-,52-,53-,54-,55-,56-,57-,64-/m0/s1. The number of aliphatic carboxylic acids is 4. The monoisotopic (exact) mass is 1810 g/mol. The number of nitrogens with zero attached hydrogens (tertiary/aromatic N) is 3. The lowest BCUT2D eigenvalue weighted by Crippen LogP contribution is -2.61. The van der Waals surface area contributed by atoms with Gasteiger partial charge in [0.1, 0.15) is 96.4 Å². The number of carbonyl (C=O) groups excluding carboxylic acids is 18. The number of carboxylic acid groups (broad SMARTS) is 4. The van der Waals surface area contributed by atoms with E-state index in [-0.39, 0.29) is 94.0 Å². The normalized spacial score (nSPS) is 17.7. The first-order valence-electron chi connectivity index (χ1n) is 40.7. The van der Waals surface area contributed by atoms with Gasteiger partial charge < -0.3 is 131 Å². The van der Waals surface area contributed by atoms with Gasteiger partial charge in [-0.3, -0.25) is 105 Å². The number of aromatic hydroxyl groups is 1. The second kappa shape index (κ2) is 50.7. The number of rotatable bonds is 51. The number of benzene rings is 2. The highest BCUT2D eigenvalue weighted by atomic mass is 32.2. The first kappa shape index (κ1) is 104. The minimum Gasteiger partial charge on any atom is -0.508 e. The van der Waals surface area contributed by atoms with Gasteiger partial charge in [-0.1, -0.05) is 56.3 Å². The zero-order valence-corrected chi connectivity index (χ0v) is 71.4. The molecule has 18 amide bonds. The fourth-order valence-corrected chi connectivity index (χ4v) is 14.6. The van der Waals surface area contributed by atoms with E-state index in [1.54, 1.807) is 50.4 Å². The van der Waals surface area contributed by atoms with E-state index >= 15 is 0 Å². The number of amides is 18. The van der Waals surface area contributed by atoms with Crippen LogP contribution in [0.5, 0.6) is 5.75 Å². The zero-order chi connectivity index (χ0) is 94.8. The molecular weight excluding hydrogens is 1700 g/mol. The third-order valence-corrected chi connectivity index (χ3v) is 21.1. The van der Waals surface area contributed by atoms with Crippen molar-refractivity contribution in [2.45, 2.75) is 234 Å². The third kappa shape index (κ3) is 33.7. The highest BCUT2D eigenvalue weighted by Gasteiger charge is 2.46. The highest BCUT2D eigenvalue weighted by Crippen LogP contribution is 2.27. The summed E-state index contributed by atoms with van der Waals surface area (Å²) in [6.07, 6.45) is -5.89. The molecule has 24 N–H and O–H groups in total. The van der Waals surface area contributed by atoms with Crippen molar-refractivity contribution in [3.05, 3.63) is 65.7 Å². The number of likely N-dealkylation sites (tertiary alicyclic amines) is 3. The van der Waals surface area contributed by atoms with E-state index in [4.69, 9.17) is 11.5 Å². The lowest BCUT2D eigenvalue weighted by atomic mass is 10.0. The maximum absolute atomic E-state index is 14.6. The van der Waals surface area contributed by atoms with Gasteiger partial charge in [0.15, 0.2) is 0 Å². The predicted octanol–water partition coefficient (Wildman–Crippen LogP) is -8.05. The summed E-state index contributed by atoms with van der Waals surface area (Å²) in [6.45, 7) is 4.62. The molecule has 0 radical (unpaired) electrons. The Labute approximate surface area is 731 Å². The zero-order valence-electron chi connectivity index (χ0n) is 70.6. The summed E-state index contributed by atoms with van der Waals surface area (Å²) in [5.41, 5.74) is 11.6. The summed E-state index contributed by atoms with van der Waals surface area (Å²) in [5.74, 6) is -26.2. The van der Waals surface area contributed by atoms with Crippen LogP contribution in [0.15, 0.2) is 54.6 Å². The van der Waals surface area contributed by atoms with Gasteiger partial charge in [-0.2, -0.15) is 11.8 Å². The van der Waals surface area contributed by atoms with E-state index in [1.165, 1.54) is 45.8 Å². The molecule has 0 spiro atoms. The van der Waals surface area contributed by atoms with Crippen molar-refractivity contribution in [1.29, 1.82) is 0 Å². The van der Waals surface area contributed by atoms with Gasteiger partial charge in [0.25, 0.3) is 0 Å². The molecule has 0 aliphatic carbocycles. The van der Waals surface area contributed by atoms with Crippen LogP contribution in [0, 0.1) is 5.92 Å². The summed E-state index contributed by atoms with van der Waals surface area (Å²) < 4.78 is 0. The smallest absolute Gasteiger partial charge is 0.305 e. The van der Waals surface area contributed by atoms with Gasteiger partial charge in [0.2, 0.25) is 106 Å². The van der Waals surface area contributed by atoms with E-state index in [2.05, 4.69) is 69.1 Å². The van der Waals surface area contributed by atoms with Gasteiger partial charge in [-0.05, 0) is 113 Å². The van der Waals surface area contributed by atoms with Crippen molar-refractivity contribution in [1.82, 2.24) is 83.8 Å². The number of thioether (sulfide) groups is 1. The Morgan fingerprint density at radius 2 is 0.874 bits per heavy atom.